The molecule has 0 radical (unpaired) electrons. The van der Waals surface area contributed by atoms with Crippen LogP contribution in [-0.2, 0) is 10.0 Å². The minimum atomic E-state index is -3.99. The number of nitriles is 1. The number of nitro groups is 1. The lowest BCUT2D eigenvalue weighted by Crippen LogP contribution is -2.15. The first-order chi connectivity index (χ1) is 9.94. The summed E-state index contributed by atoms with van der Waals surface area (Å²) in [4.78, 5) is 13.3. The van der Waals surface area contributed by atoms with E-state index < -0.39 is 14.9 Å². The van der Waals surface area contributed by atoms with Gasteiger partial charge in [0, 0.05) is 24.0 Å². The number of benzene rings is 1. The summed E-state index contributed by atoms with van der Waals surface area (Å²) < 4.78 is 26.6. The zero-order valence-electron chi connectivity index (χ0n) is 10.4. The predicted octanol–water partition coefficient (Wildman–Crippen LogP) is 1.66. The van der Waals surface area contributed by atoms with E-state index in [1.54, 1.807) is 6.07 Å². The maximum Gasteiger partial charge on any atom is 0.269 e. The highest BCUT2D eigenvalue weighted by molar-refractivity contribution is 7.92. The van der Waals surface area contributed by atoms with E-state index >= 15 is 0 Å². The predicted molar refractivity (Wildman–Crippen MR) is 72.9 cm³/mol. The number of aromatic nitrogens is 1. The van der Waals surface area contributed by atoms with E-state index in [9.17, 15) is 18.5 Å². The van der Waals surface area contributed by atoms with E-state index in [2.05, 4.69) is 9.71 Å². The highest BCUT2D eigenvalue weighted by Crippen LogP contribution is 2.20. The molecule has 0 aliphatic heterocycles. The van der Waals surface area contributed by atoms with E-state index in [1.807, 2.05) is 0 Å². The molecule has 2 aromatic rings. The first-order valence-electron chi connectivity index (χ1n) is 5.56. The normalized spacial score (nSPS) is 10.6. The van der Waals surface area contributed by atoms with Gasteiger partial charge in [0.2, 0.25) is 0 Å². The number of non-ortho nitro benzene ring substituents is 1. The van der Waals surface area contributed by atoms with Crippen LogP contribution in [0.5, 0.6) is 0 Å². The summed E-state index contributed by atoms with van der Waals surface area (Å²) in [5.74, 6) is 0. The van der Waals surface area contributed by atoms with Gasteiger partial charge in [-0.05, 0) is 24.3 Å². The van der Waals surface area contributed by atoms with Crippen LogP contribution in [0.3, 0.4) is 0 Å². The summed E-state index contributed by atoms with van der Waals surface area (Å²) >= 11 is 0. The van der Waals surface area contributed by atoms with Crippen LogP contribution >= 0.6 is 0 Å². The summed E-state index contributed by atoms with van der Waals surface area (Å²) in [7, 11) is -3.99. The molecule has 21 heavy (non-hydrogen) atoms. The second-order valence-corrected chi connectivity index (χ2v) is 5.52. The maximum atomic E-state index is 12.2. The number of hydrogen-bond donors (Lipinski definition) is 1. The van der Waals surface area contributed by atoms with Gasteiger partial charge < -0.3 is 0 Å². The fourth-order valence-corrected chi connectivity index (χ4v) is 2.72. The third-order valence-electron chi connectivity index (χ3n) is 2.50. The first-order valence-corrected chi connectivity index (χ1v) is 7.05. The Kier molecular flexibility index (Phi) is 3.82. The smallest absolute Gasteiger partial charge is 0.269 e. The van der Waals surface area contributed by atoms with E-state index in [0.29, 0.717) is 0 Å². The lowest BCUT2D eigenvalue weighted by Gasteiger charge is -2.08. The molecule has 2 rings (SSSR count). The molecule has 0 saturated carbocycles. The Labute approximate surface area is 119 Å². The van der Waals surface area contributed by atoms with Crippen molar-refractivity contribution >= 4 is 21.4 Å². The molecule has 1 N–H and O–H groups in total. The molecule has 0 unspecified atom stereocenters. The average molecular weight is 304 g/mol. The van der Waals surface area contributed by atoms with Crippen molar-refractivity contribution in [2.45, 2.75) is 4.90 Å². The van der Waals surface area contributed by atoms with Gasteiger partial charge in [-0.15, -0.1) is 0 Å². The van der Waals surface area contributed by atoms with E-state index in [0.717, 1.165) is 0 Å². The standard InChI is InChI=1S/C12H8N4O4S/c13-8-11-12(2-1-7-14-11)21(19,20)15-9-3-5-10(6-4-9)16(17)18/h1-7,15H. The van der Waals surface area contributed by atoms with E-state index in [4.69, 9.17) is 5.26 Å². The van der Waals surface area contributed by atoms with Gasteiger partial charge in [-0.2, -0.15) is 5.26 Å². The van der Waals surface area contributed by atoms with Gasteiger partial charge in [-0.3, -0.25) is 14.8 Å². The van der Waals surface area contributed by atoms with Crippen LogP contribution in [0, 0.1) is 21.4 Å². The average Bonchev–Trinajstić information content (AvgIpc) is 2.47. The molecule has 1 aromatic heterocycles. The number of hydrogen-bond acceptors (Lipinski definition) is 6. The molecule has 0 fully saturated rings. The Morgan fingerprint density at radius 3 is 2.48 bits per heavy atom. The molecule has 9 heteroatoms. The van der Waals surface area contributed by atoms with Gasteiger partial charge in [0.25, 0.3) is 15.7 Å². The Bertz CT molecular complexity index is 825. The first kappa shape index (κ1) is 14.4. The lowest BCUT2D eigenvalue weighted by molar-refractivity contribution is -0.384. The van der Waals surface area contributed by atoms with Gasteiger partial charge in [0.15, 0.2) is 5.69 Å². The molecule has 0 aliphatic carbocycles. The number of nitrogens with one attached hydrogen (secondary N) is 1. The Balaban J connectivity index is 2.34. The monoisotopic (exact) mass is 304 g/mol. The quantitative estimate of drug-likeness (QED) is 0.676. The van der Waals surface area contributed by atoms with Crippen molar-refractivity contribution in [2.75, 3.05) is 4.72 Å². The summed E-state index contributed by atoms with van der Waals surface area (Å²) in [6.07, 6.45) is 1.31. The SMILES string of the molecule is N#Cc1ncccc1S(=O)(=O)Nc1ccc([N+](=O)[O-])cc1. The zero-order chi connectivity index (χ0) is 15.5. The lowest BCUT2D eigenvalue weighted by atomic mass is 10.3. The number of rotatable bonds is 4. The molecular formula is C12H8N4O4S. The molecule has 0 bridgehead atoms. The molecule has 0 spiro atoms. The number of pyridine rings is 1. The summed E-state index contributed by atoms with van der Waals surface area (Å²) in [6.45, 7) is 0. The largest absolute Gasteiger partial charge is 0.280 e. The third-order valence-corrected chi connectivity index (χ3v) is 3.91. The number of sulfonamides is 1. The second kappa shape index (κ2) is 5.56. The highest BCUT2D eigenvalue weighted by atomic mass is 32.2. The molecule has 1 heterocycles. The summed E-state index contributed by atoms with van der Waals surface area (Å²) in [6, 6.07) is 9.21. The van der Waals surface area contributed by atoms with Crippen molar-refractivity contribution in [3.63, 3.8) is 0 Å². The number of nitrogens with zero attached hydrogens (tertiary/aromatic N) is 3. The Morgan fingerprint density at radius 1 is 1.24 bits per heavy atom. The van der Waals surface area contributed by atoms with Crippen molar-refractivity contribution < 1.29 is 13.3 Å². The van der Waals surface area contributed by atoms with Gasteiger partial charge in [0.1, 0.15) is 11.0 Å². The third kappa shape index (κ3) is 3.13. The molecule has 0 saturated heterocycles. The van der Waals surface area contributed by atoms with Crippen molar-refractivity contribution in [2.24, 2.45) is 0 Å². The molecular weight excluding hydrogens is 296 g/mol. The van der Waals surface area contributed by atoms with Gasteiger partial charge in [0.05, 0.1) is 4.92 Å². The van der Waals surface area contributed by atoms with Crippen LogP contribution in [0.25, 0.3) is 0 Å². The van der Waals surface area contributed by atoms with Crippen LogP contribution in [-0.4, -0.2) is 18.3 Å². The van der Waals surface area contributed by atoms with Crippen LogP contribution in [0.4, 0.5) is 11.4 Å². The minimum Gasteiger partial charge on any atom is -0.280 e. The van der Waals surface area contributed by atoms with Crippen molar-refractivity contribution in [3.8, 4) is 6.07 Å². The number of nitro benzene ring substituents is 1. The molecule has 0 amide bonds. The molecule has 0 aliphatic rings. The molecule has 1 aromatic carbocycles. The van der Waals surface area contributed by atoms with Gasteiger partial charge >= 0.3 is 0 Å². The highest BCUT2D eigenvalue weighted by Gasteiger charge is 2.19. The second-order valence-electron chi connectivity index (χ2n) is 3.87. The zero-order valence-corrected chi connectivity index (χ0v) is 11.2. The van der Waals surface area contributed by atoms with Crippen LogP contribution < -0.4 is 4.72 Å². The van der Waals surface area contributed by atoms with Crippen LogP contribution in [0.15, 0.2) is 47.5 Å². The van der Waals surface area contributed by atoms with Crippen molar-refractivity contribution in [1.82, 2.24) is 4.98 Å². The van der Waals surface area contributed by atoms with Crippen LogP contribution in [0.1, 0.15) is 5.69 Å². The molecule has 106 valence electrons. The fourth-order valence-electron chi connectivity index (χ4n) is 1.55. The maximum absolute atomic E-state index is 12.2. The summed E-state index contributed by atoms with van der Waals surface area (Å²) in [5, 5.41) is 19.4. The molecule has 0 atom stereocenters. The Hall–Kier alpha value is -2.99. The summed E-state index contributed by atoms with van der Waals surface area (Å²) in [5.41, 5.74) is -0.239. The van der Waals surface area contributed by atoms with Crippen LogP contribution in [0.2, 0.25) is 0 Å². The molecule has 8 nitrogen and oxygen atoms in total. The number of anilines is 1. The fraction of sp³-hybridized carbons (Fsp3) is 0. The van der Waals surface area contributed by atoms with Gasteiger partial charge in [-0.1, -0.05) is 0 Å². The minimum absolute atomic E-state index is 0.147. The van der Waals surface area contributed by atoms with Crippen molar-refractivity contribution in [1.29, 1.82) is 5.26 Å². The Morgan fingerprint density at radius 2 is 1.90 bits per heavy atom. The van der Waals surface area contributed by atoms with E-state index in [1.165, 1.54) is 42.6 Å². The van der Waals surface area contributed by atoms with E-state index in [-0.39, 0.29) is 22.0 Å². The van der Waals surface area contributed by atoms with Crippen molar-refractivity contribution in [3.05, 3.63) is 58.4 Å². The van der Waals surface area contributed by atoms with Gasteiger partial charge in [-0.25, -0.2) is 13.4 Å². The topological polar surface area (TPSA) is 126 Å².